The van der Waals surface area contributed by atoms with E-state index in [9.17, 15) is 0 Å². The molecule has 0 aliphatic heterocycles. The van der Waals surface area contributed by atoms with Gasteiger partial charge < -0.3 is 0 Å². The van der Waals surface area contributed by atoms with Crippen molar-refractivity contribution in [3.05, 3.63) is 0 Å². The van der Waals surface area contributed by atoms with Gasteiger partial charge in [0.2, 0.25) is 0 Å². The van der Waals surface area contributed by atoms with Crippen molar-refractivity contribution in [1.29, 1.82) is 0 Å². The van der Waals surface area contributed by atoms with Crippen LogP contribution in [-0.4, -0.2) is 11.3 Å². The van der Waals surface area contributed by atoms with E-state index in [2.05, 4.69) is 0 Å². The SMILES string of the molecule is C.C1CCC([P]C2CCCCC2)CC1. The summed E-state index contributed by atoms with van der Waals surface area (Å²) >= 11 is 0. The zero-order valence-electron chi connectivity index (χ0n) is 8.67. The molecule has 0 atom stereocenters. The smallest absolute Gasteiger partial charge is 0.0168 e. The molecule has 0 aromatic carbocycles. The van der Waals surface area contributed by atoms with Crippen LogP contribution in [0.1, 0.15) is 71.6 Å². The van der Waals surface area contributed by atoms with Crippen molar-refractivity contribution in [2.45, 2.75) is 83.0 Å². The lowest BCUT2D eigenvalue weighted by atomic mass is 10.00. The third-order valence-corrected chi connectivity index (χ3v) is 5.45. The first-order chi connectivity index (χ1) is 6.45. The van der Waals surface area contributed by atoms with E-state index in [1.807, 2.05) is 8.58 Å². The van der Waals surface area contributed by atoms with Crippen LogP contribution in [0.15, 0.2) is 0 Å². The van der Waals surface area contributed by atoms with Crippen LogP contribution in [0.5, 0.6) is 0 Å². The molecule has 1 radical (unpaired) electrons. The summed E-state index contributed by atoms with van der Waals surface area (Å²) in [7, 11) is 1.84. The van der Waals surface area contributed by atoms with Gasteiger partial charge in [-0.25, -0.2) is 0 Å². The molecule has 0 aromatic rings. The standard InChI is InChI=1S/C12H22P.CH4/c1-3-7-11(8-4-1)13-12-9-5-2-6-10-12;/h11-12H,1-10H2;1H4. The van der Waals surface area contributed by atoms with Crippen LogP contribution in [0.4, 0.5) is 0 Å². The molecule has 2 saturated carbocycles. The van der Waals surface area contributed by atoms with Gasteiger partial charge in [0.05, 0.1) is 0 Å². The van der Waals surface area contributed by atoms with Crippen LogP contribution in [0.25, 0.3) is 0 Å². The lowest BCUT2D eigenvalue weighted by molar-refractivity contribution is 0.490. The molecule has 2 fully saturated rings. The highest BCUT2D eigenvalue weighted by Crippen LogP contribution is 2.41. The molecule has 0 unspecified atom stereocenters. The Labute approximate surface area is 92.0 Å². The van der Waals surface area contributed by atoms with E-state index >= 15 is 0 Å². The first kappa shape index (κ1) is 12.5. The van der Waals surface area contributed by atoms with Crippen molar-refractivity contribution < 1.29 is 0 Å². The third-order valence-electron chi connectivity index (χ3n) is 3.57. The highest BCUT2D eigenvalue weighted by Gasteiger charge is 2.20. The van der Waals surface area contributed by atoms with Crippen molar-refractivity contribution in [2.75, 3.05) is 0 Å². The summed E-state index contributed by atoms with van der Waals surface area (Å²) in [6, 6.07) is 0. The Balaban J connectivity index is 0.000000980. The van der Waals surface area contributed by atoms with Gasteiger partial charge in [-0.1, -0.05) is 54.5 Å². The van der Waals surface area contributed by atoms with Crippen LogP contribution in [0.3, 0.4) is 0 Å². The van der Waals surface area contributed by atoms with E-state index in [-0.39, 0.29) is 7.43 Å². The van der Waals surface area contributed by atoms with Gasteiger partial charge in [0.1, 0.15) is 0 Å². The molecule has 83 valence electrons. The zero-order valence-corrected chi connectivity index (χ0v) is 9.57. The maximum absolute atomic E-state index is 1.84. The monoisotopic (exact) mass is 213 g/mol. The molecule has 0 bridgehead atoms. The molecule has 0 aromatic heterocycles. The minimum Gasteiger partial charge on any atom is -0.0776 e. The Kier molecular flexibility index (Phi) is 6.10. The Morgan fingerprint density at radius 2 is 0.929 bits per heavy atom. The Bertz CT molecular complexity index is 116. The molecule has 0 N–H and O–H groups in total. The molecule has 0 heterocycles. The number of hydrogen-bond donors (Lipinski definition) is 0. The third kappa shape index (κ3) is 3.89. The zero-order chi connectivity index (χ0) is 8.93. The fraction of sp³-hybridized carbons (Fsp3) is 1.00. The largest absolute Gasteiger partial charge is 0.0776 e. The molecule has 0 saturated heterocycles. The van der Waals surface area contributed by atoms with Gasteiger partial charge in [-0.05, 0) is 37.0 Å². The van der Waals surface area contributed by atoms with E-state index in [4.69, 9.17) is 0 Å². The van der Waals surface area contributed by atoms with Crippen LogP contribution < -0.4 is 0 Å². The molecule has 2 aliphatic carbocycles. The van der Waals surface area contributed by atoms with Crippen LogP contribution >= 0.6 is 8.58 Å². The fourth-order valence-corrected chi connectivity index (χ4v) is 4.68. The van der Waals surface area contributed by atoms with Crippen molar-refractivity contribution in [2.24, 2.45) is 0 Å². The summed E-state index contributed by atoms with van der Waals surface area (Å²) in [6.45, 7) is 0. The average molecular weight is 213 g/mol. The normalized spacial score (nSPS) is 25.7. The predicted octanol–water partition coefficient (Wildman–Crippen LogP) is 5.23. The van der Waals surface area contributed by atoms with Gasteiger partial charge in [0.15, 0.2) is 0 Å². The summed E-state index contributed by atoms with van der Waals surface area (Å²) in [5, 5.41) is 0. The Hall–Kier alpha value is 0.430. The second-order valence-corrected chi connectivity index (χ2v) is 6.49. The van der Waals surface area contributed by atoms with E-state index in [1.54, 1.807) is 0 Å². The summed E-state index contributed by atoms with van der Waals surface area (Å²) in [5.41, 5.74) is 2.19. The number of hydrogen-bond acceptors (Lipinski definition) is 0. The van der Waals surface area contributed by atoms with Crippen LogP contribution in [0, 0.1) is 0 Å². The molecule has 14 heavy (non-hydrogen) atoms. The minimum atomic E-state index is 0. The minimum absolute atomic E-state index is 0. The highest BCUT2D eigenvalue weighted by molar-refractivity contribution is 7.39. The molecular weight excluding hydrogens is 187 g/mol. The first-order valence-electron chi connectivity index (χ1n) is 6.15. The summed E-state index contributed by atoms with van der Waals surface area (Å²) in [6.07, 6.45) is 15.3. The van der Waals surface area contributed by atoms with Crippen molar-refractivity contribution in [3.8, 4) is 0 Å². The second kappa shape index (κ2) is 6.83. The van der Waals surface area contributed by atoms with E-state index in [1.165, 1.54) is 64.2 Å². The van der Waals surface area contributed by atoms with Gasteiger partial charge in [0, 0.05) is 0 Å². The van der Waals surface area contributed by atoms with Crippen molar-refractivity contribution in [3.63, 3.8) is 0 Å². The molecule has 0 nitrogen and oxygen atoms in total. The summed E-state index contributed by atoms with van der Waals surface area (Å²) in [5.74, 6) is 0. The van der Waals surface area contributed by atoms with Gasteiger partial charge in [0.25, 0.3) is 0 Å². The molecule has 2 rings (SSSR count). The van der Waals surface area contributed by atoms with Crippen LogP contribution in [-0.2, 0) is 0 Å². The average Bonchev–Trinajstić information content (AvgIpc) is 2.21. The summed E-state index contributed by atoms with van der Waals surface area (Å²) < 4.78 is 0. The van der Waals surface area contributed by atoms with Gasteiger partial charge in [-0.15, -0.1) is 0 Å². The lowest BCUT2D eigenvalue weighted by Gasteiger charge is -2.28. The Morgan fingerprint density at radius 1 is 0.571 bits per heavy atom. The molecule has 1 heteroatoms. The predicted molar refractivity (Wildman–Crippen MR) is 67.4 cm³/mol. The molecule has 0 spiro atoms. The van der Waals surface area contributed by atoms with E-state index in [0.717, 1.165) is 11.3 Å². The van der Waals surface area contributed by atoms with Crippen molar-refractivity contribution >= 4 is 8.58 Å². The second-order valence-electron chi connectivity index (χ2n) is 4.73. The van der Waals surface area contributed by atoms with E-state index in [0.29, 0.717) is 0 Å². The highest BCUT2D eigenvalue weighted by atomic mass is 31.1. The quantitative estimate of drug-likeness (QED) is 0.551. The van der Waals surface area contributed by atoms with Gasteiger partial charge >= 0.3 is 0 Å². The lowest BCUT2D eigenvalue weighted by Crippen LogP contribution is -2.14. The fourth-order valence-electron chi connectivity index (χ4n) is 2.76. The van der Waals surface area contributed by atoms with E-state index < -0.39 is 0 Å². The molecule has 2 aliphatic rings. The number of rotatable bonds is 2. The first-order valence-corrected chi connectivity index (χ1v) is 7.18. The molecule has 0 amide bonds. The van der Waals surface area contributed by atoms with Crippen molar-refractivity contribution in [1.82, 2.24) is 0 Å². The maximum atomic E-state index is 1.84. The van der Waals surface area contributed by atoms with Gasteiger partial charge in [-0.3, -0.25) is 0 Å². The topological polar surface area (TPSA) is 0 Å². The van der Waals surface area contributed by atoms with Crippen LogP contribution in [0.2, 0.25) is 0 Å². The maximum Gasteiger partial charge on any atom is -0.0168 e. The summed E-state index contributed by atoms with van der Waals surface area (Å²) in [4.78, 5) is 0. The molecular formula is C13H26P. The van der Waals surface area contributed by atoms with Gasteiger partial charge in [-0.2, -0.15) is 0 Å². The Morgan fingerprint density at radius 3 is 1.29 bits per heavy atom.